The number of phenolic OH excluding ortho intramolecular Hbond substituents is 1. The van der Waals surface area contributed by atoms with Crippen LogP contribution in [0.2, 0.25) is 0 Å². The normalized spacial score (nSPS) is 10.4. The molecule has 0 aliphatic heterocycles. The Bertz CT molecular complexity index is 513. The van der Waals surface area contributed by atoms with Gasteiger partial charge in [0.25, 0.3) is 0 Å². The van der Waals surface area contributed by atoms with Crippen molar-refractivity contribution in [3.05, 3.63) is 36.0 Å². The Balaban J connectivity index is 2.40. The number of nitrogens with zero attached hydrogens (tertiary/aromatic N) is 2. The molecule has 100 valence electrons. The van der Waals surface area contributed by atoms with Gasteiger partial charge in [-0.25, -0.2) is 9.97 Å². The Labute approximate surface area is 113 Å². The number of hydrogen-bond acceptors (Lipinski definition) is 4. The van der Waals surface area contributed by atoms with Gasteiger partial charge in [0, 0.05) is 23.9 Å². The lowest BCUT2D eigenvalue weighted by Crippen LogP contribution is -2.04. The molecule has 1 aromatic heterocycles. The maximum absolute atomic E-state index is 9.33. The van der Waals surface area contributed by atoms with E-state index in [1.54, 1.807) is 12.1 Å². The number of phenols is 1. The van der Waals surface area contributed by atoms with E-state index in [2.05, 4.69) is 22.2 Å². The van der Waals surface area contributed by atoms with E-state index in [0.717, 1.165) is 36.5 Å². The molecule has 0 aliphatic rings. The molecule has 0 fully saturated rings. The van der Waals surface area contributed by atoms with Crippen LogP contribution in [0, 0.1) is 0 Å². The van der Waals surface area contributed by atoms with Crippen molar-refractivity contribution in [1.82, 2.24) is 9.97 Å². The molecular weight excluding hydrogens is 238 g/mol. The summed E-state index contributed by atoms with van der Waals surface area (Å²) >= 11 is 0. The van der Waals surface area contributed by atoms with Crippen molar-refractivity contribution < 1.29 is 5.11 Å². The highest BCUT2D eigenvalue weighted by Gasteiger charge is 2.06. The maximum atomic E-state index is 9.33. The van der Waals surface area contributed by atoms with Crippen LogP contribution in [0.4, 0.5) is 5.82 Å². The Morgan fingerprint density at radius 2 is 1.84 bits per heavy atom. The minimum Gasteiger partial charge on any atom is -0.508 e. The molecule has 2 N–H and O–H groups in total. The largest absolute Gasteiger partial charge is 0.508 e. The Morgan fingerprint density at radius 1 is 1.11 bits per heavy atom. The van der Waals surface area contributed by atoms with Gasteiger partial charge in [0.2, 0.25) is 0 Å². The fourth-order valence-corrected chi connectivity index (χ4v) is 1.89. The summed E-state index contributed by atoms with van der Waals surface area (Å²) < 4.78 is 0. The van der Waals surface area contributed by atoms with Gasteiger partial charge in [-0.1, -0.05) is 13.3 Å². The lowest BCUT2D eigenvalue weighted by atomic mass is 10.2. The van der Waals surface area contributed by atoms with Crippen LogP contribution in [0.1, 0.15) is 26.0 Å². The van der Waals surface area contributed by atoms with Gasteiger partial charge in [-0.05, 0) is 37.6 Å². The average molecular weight is 257 g/mol. The summed E-state index contributed by atoms with van der Waals surface area (Å²) in [6.45, 7) is 5.01. The third kappa shape index (κ3) is 3.44. The Hall–Kier alpha value is -2.10. The van der Waals surface area contributed by atoms with Gasteiger partial charge in [0.15, 0.2) is 5.82 Å². The number of aromatic nitrogens is 2. The summed E-state index contributed by atoms with van der Waals surface area (Å²) in [5, 5.41) is 12.6. The van der Waals surface area contributed by atoms with Gasteiger partial charge in [-0.2, -0.15) is 0 Å². The number of aryl methyl sites for hydroxylation is 1. The van der Waals surface area contributed by atoms with Crippen LogP contribution in [0.15, 0.2) is 30.3 Å². The highest BCUT2D eigenvalue weighted by molar-refractivity contribution is 5.58. The zero-order chi connectivity index (χ0) is 13.7. The zero-order valence-electron chi connectivity index (χ0n) is 11.3. The fraction of sp³-hybridized carbons (Fsp3) is 0.333. The van der Waals surface area contributed by atoms with Gasteiger partial charge in [0.05, 0.1) is 0 Å². The van der Waals surface area contributed by atoms with Gasteiger partial charge in [0.1, 0.15) is 11.6 Å². The summed E-state index contributed by atoms with van der Waals surface area (Å²) in [6.07, 6.45) is 1.99. The number of hydrogen-bond donors (Lipinski definition) is 2. The number of anilines is 1. The molecule has 0 bridgehead atoms. The smallest absolute Gasteiger partial charge is 0.161 e. The SMILES string of the molecule is CCCc1cc(NCC)nc(-c2ccc(O)cc2)n1. The molecule has 4 heteroatoms. The second-order valence-electron chi connectivity index (χ2n) is 4.40. The Kier molecular flexibility index (Phi) is 4.34. The molecule has 0 atom stereocenters. The summed E-state index contributed by atoms with van der Waals surface area (Å²) in [4.78, 5) is 9.07. The molecule has 19 heavy (non-hydrogen) atoms. The molecule has 0 spiro atoms. The third-order valence-corrected chi connectivity index (χ3v) is 2.77. The molecule has 2 rings (SSSR count). The van der Waals surface area contributed by atoms with Crippen molar-refractivity contribution in [2.45, 2.75) is 26.7 Å². The molecule has 2 aromatic rings. The molecule has 1 heterocycles. The summed E-state index contributed by atoms with van der Waals surface area (Å²) in [7, 11) is 0. The van der Waals surface area contributed by atoms with Gasteiger partial charge in [-0.3, -0.25) is 0 Å². The molecular formula is C15H19N3O. The first kappa shape index (κ1) is 13.3. The number of aromatic hydroxyl groups is 1. The van der Waals surface area contributed by atoms with Gasteiger partial charge >= 0.3 is 0 Å². The first-order valence-corrected chi connectivity index (χ1v) is 6.64. The molecule has 0 amide bonds. The molecule has 0 saturated carbocycles. The highest BCUT2D eigenvalue weighted by atomic mass is 16.3. The second kappa shape index (κ2) is 6.18. The molecule has 0 aliphatic carbocycles. The first-order chi connectivity index (χ1) is 9.22. The van der Waals surface area contributed by atoms with E-state index in [9.17, 15) is 5.11 Å². The van der Waals surface area contributed by atoms with Crippen molar-refractivity contribution in [3.8, 4) is 17.1 Å². The van der Waals surface area contributed by atoms with E-state index in [1.807, 2.05) is 25.1 Å². The third-order valence-electron chi connectivity index (χ3n) is 2.77. The topological polar surface area (TPSA) is 58.0 Å². The van der Waals surface area contributed by atoms with Crippen molar-refractivity contribution in [2.75, 3.05) is 11.9 Å². The molecule has 0 radical (unpaired) electrons. The fourth-order valence-electron chi connectivity index (χ4n) is 1.89. The predicted molar refractivity (Wildman–Crippen MR) is 77.3 cm³/mol. The lowest BCUT2D eigenvalue weighted by molar-refractivity contribution is 0.475. The number of rotatable bonds is 5. The molecule has 0 saturated heterocycles. The van der Waals surface area contributed by atoms with Crippen molar-refractivity contribution in [3.63, 3.8) is 0 Å². The van der Waals surface area contributed by atoms with Crippen LogP contribution in [0.3, 0.4) is 0 Å². The van der Waals surface area contributed by atoms with Gasteiger partial charge in [-0.15, -0.1) is 0 Å². The van der Waals surface area contributed by atoms with Crippen LogP contribution in [0.5, 0.6) is 5.75 Å². The minimum absolute atomic E-state index is 0.250. The summed E-state index contributed by atoms with van der Waals surface area (Å²) in [5.74, 6) is 1.80. The number of nitrogens with one attached hydrogen (secondary N) is 1. The standard InChI is InChI=1S/C15H19N3O/c1-3-5-12-10-14(16-4-2)18-15(17-12)11-6-8-13(19)9-7-11/h6-10,19H,3-5H2,1-2H3,(H,16,17,18). The Morgan fingerprint density at radius 3 is 2.47 bits per heavy atom. The van der Waals surface area contributed by atoms with Crippen molar-refractivity contribution in [1.29, 1.82) is 0 Å². The van der Waals surface area contributed by atoms with E-state index < -0.39 is 0 Å². The predicted octanol–water partition coefficient (Wildman–Crippen LogP) is 3.23. The molecule has 4 nitrogen and oxygen atoms in total. The van der Waals surface area contributed by atoms with E-state index >= 15 is 0 Å². The van der Waals surface area contributed by atoms with E-state index in [-0.39, 0.29) is 5.75 Å². The van der Waals surface area contributed by atoms with Crippen LogP contribution in [-0.4, -0.2) is 21.6 Å². The minimum atomic E-state index is 0.250. The van der Waals surface area contributed by atoms with Gasteiger partial charge < -0.3 is 10.4 Å². The first-order valence-electron chi connectivity index (χ1n) is 6.64. The van der Waals surface area contributed by atoms with E-state index in [1.165, 1.54) is 0 Å². The van der Waals surface area contributed by atoms with Crippen molar-refractivity contribution in [2.24, 2.45) is 0 Å². The monoisotopic (exact) mass is 257 g/mol. The van der Waals surface area contributed by atoms with E-state index in [0.29, 0.717) is 5.82 Å². The highest BCUT2D eigenvalue weighted by Crippen LogP contribution is 2.21. The second-order valence-corrected chi connectivity index (χ2v) is 4.40. The number of benzene rings is 1. The van der Waals surface area contributed by atoms with Crippen LogP contribution < -0.4 is 5.32 Å². The van der Waals surface area contributed by atoms with Crippen LogP contribution >= 0.6 is 0 Å². The maximum Gasteiger partial charge on any atom is 0.161 e. The van der Waals surface area contributed by atoms with Crippen LogP contribution in [0.25, 0.3) is 11.4 Å². The molecule has 0 unspecified atom stereocenters. The summed E-state index contributed by atoms with van der Waals surface area (Å²) in [5.41, 5.74) is 1.95. The van der Waals surface area contributed by atoms with Crippen LogP contribution in [-0.2, 0) is 6.42 Å². The zero-order valence-corrected chi connectivity index (χ0v) is 11.3. The van der Waals surface area contributed by atoms with Crippen molar-refractivity contribution >= 4 is 5.82 Å². The molecule has 1 aromatic carbocycles. The quantitative estimate of drug-likeness (QED) is 0.863. The van der Waals surface area contributed by atoms with E-state index in [4.69, 9.17) is 0 Å². The lowest BCUT2D eigenvalue weighted by Gasteiger charge is -2.08. The average Bonchev–Trinajstić information content (AvgIpc) is 2.40. The summed E-state index contributed by atoms with van der Waals surface area (Å²) in [6, 6.07) is 8.96.